The molecule has 2 aliphatic rings. The summed E-state index contributed by atoms with van der Waals surface area (Å²) in [7, 11) is 0. The number of nitrogens with zero attached hydrogens (tertiary/aromatic N) is 1. The molecule has 1 saturated carbocycles. The Balaban J connectivity index is 1.75. The fourth-order valence-corrected chi connectivity index (χ4v) is 3.46. The van der Waals surface area contributed by atoms with Gasteiger partial charge in [0, 0.05) is 5.88 Å². The molecule has 0 atom stereocenters. The maximum Gasteiger partial charge on any atom is 0.0235 e. The van der Waals surface area contributed by atoms with Gasteiger partial charge in [0.2, 0.25) is 0 Å². The van der Waals surface area contributed by atoms with Gasteiger partial charge in [0.25, 0.3) is 0 Å². The Bertz CT molecular complexity index is 177. The van der Waals surface area contributed by atoms with Crippen LogP contribution in [0.5, 0.6) is 0 Å². The molecule has 1 nitrogen and oxygen atoms in total. The van der Waals surface area contributed by atoms with Crippen molar-refractivity contribution < 1.29 is 0 Å². The number of piperidine rings is 1. The molecule has 2 heteroatoms. The molecule has 1 aliphatic carbocycles. The van der Waals surface area contributed by atoms with Crippen LogP contribution in [0.4, 0.5) is 0 Å². The van der Waals surface area contributed by atoms with Gasteiger partial charge in [-0.3, -0.25) is 0 Å². The SMILES string of the molecule is ClCCCN1CCC2(CCCCC2)CC1. The monoisotopic (exact) mass is 229 g/mol. The average molecular weight is 230 g/mol. The van der Waals surface area contributed by atoms with Crippen molar-refractivity contribution in [1.29, 1.82) is 0 Å². The standard InChI is InChI=1S/C13H24ClN/c14-9-4-10-15-11-7-13(8-12-15)5-2-1-3-6-13/h1-12H2. The van der Waals surface area contributed by atoms with Crippen LogP contribution in [0.2, 0.25) is 0 Å². The molecule has 0 amide bonds. The topological polar surface area (TPSA) is 3.24 Å². The second-order valence-electron chi connectivity index (χ2n) is 5.44. The van der Waals surface area contributed by atoms with Crippen molar-refractivity contribution in [2.24, 2.45) is 5.41 Å². The molecule has 88 valence electrons. The largest absolute Gasteiger partial charge is 0.303 e. The molecule has 0 bridgehead atoms. The second kappa shape index (κ2) is 5.54. The summed E-state index contributed by atoms with van der Waals surface area (Å²) in [6.45, 7) is 3.88. The van der Waals surface area contributed by atoms with Gasteiger partial charge in [-0.05, 0) is 57.2 Å². The van der Waals surface area contributed by atoms with Crippen molar-refractivity contribution in [1.82, 2.24) is 4.90 Å². The van der Waals surface area contributed by atoms with Crippen LogP contribution >= 0.6 is 11.6 Å². The summed E-state index contributed by atoms with van der Waals surface area (Å²) in [5, 5.41) is 0. The highest BCUT2D eigenvalue weighted by molar-refractivity contribution is 6.17. The van der Waals surface area contributed by atoms with E-state index in [2.05, 4.69) is 4.90 Å². The Labute approximate surface area is 99.2 Å². The summed E-state index contributed by atoms with van der Waals surface area (Å²) in [5.74, 6) is 0.821. The molecule has 1 aliphatic heterocycles. The Hall–Kier alpha value is 0.250. The molecule has 0 radical (unpaired) electrons. The molecule has 1 saturated heterocycles. The van der Waals surface area contributed by atoms with E-state index in [9.17, 15) is 0 Å². The van der Waals surface area contributed by atoms with Gasteiger partial charge in [0.15, 0.2) is 0 Å². The molecule has 0 aromatic rings. The van der Waals surface area contributed by atoms with Crippen LogP contribution in [-0.4, -0.2) is 30.4 Å². The number of halogens is 1. The first-order chi connectivity index (χ1) is 7.35. The Morgan fingerprint density at radius 2 is 1.60 bits per heavy atom. The van der Waals surface area contributed by atoms with Gasteiger partial charge in [-0.1, -0.05) is 19.3 Å². The minimum Gasteiger partial charge on any atom is -0.303 e. The van der Waals surface area contributed by atoms with Crippen molar-refractivity contribution >= 4 is 11.6 Å². The maximum atomic E-state index is 5.74. The molecule has 1 heterocycles. The number of rotatable bonds is 3. The van der Waals surface area contributed by atoms with Crippen molar-refractivity contribution in [2.75, 3.05) is 25.5 Å². The van der Waals surface area contributed by atoms with Crippen LogP contribution in [0, 0.1) is 5.41 Å². The molecule has 15 heavy (non-hydrogen) atoms. The van der Waals surface area contributed by atoms with E-state index in [1.54, 1.807) is 0 Å². The fraction of sp³-hybridized carbons (Fsp3) is 1.00. The zero-order valence-electron chi connectivity index (χ0n) is 9.81. The number of hydrogen-bond donors (Lipinski definition) is 0. The van der Waals surface area contributed by atoms with Gasteiger partial charge < -0.3 is 4.90 Å². The Morgan fingerprint density at radius 1 is 0.933 bits per heavy atom. The van der Waals surface area contributed by atoms with E-state index in [1.807, 2.05) is 0 Å². The summed E-state index contributed by atoms with van der Waals surface area (Å²) in [6, 6.07) is 0. The van der Waals surface area contributed by atoms with Gasteiger partial charge in [-0.2, -0.15) is 0 Å². The Kier molecular flexibility index (Phi) is 4.33. The smallest absolute Gasteiger partial charge is 0.0235 e. The van der Waals surface area contributed by atoms with Gasteiger partial charge in [-0.25, -0.2) is 0 Å². The Morgan fingerprint density at radius 3 is 2.20 bits per heavy atom. The van der Waals surface area contributed by atoms with Gasteiger partial charge in [0.1, 0.15) is 0 Å². The van der Waals surface area contributed by atoms with E-state index in [0.29, 0.717) is 0 Å². The zero-order valence-corrected chi connectivity index (χ0v) is 10.6. The first-order valence-electron chi connectivity index (χ1n) is 6.63. The maximum absolute atomic E-state index is 5.74. The molecule has 2 rings (SSSR count). The molecule has 0 aromatic heterocycles. The number of likely N-dealkylation sites (tertiary alicyclic amines) is 1. The van der Waals surface area contributed by atoms with E-state index in [4.69, 9.17) is 11.6 Å². The first-order valence-corrected chi connectivity index (χ1v) is 7.16. The van der Waals surface area contributed by atoms with Crippen molar-refractivity contribution in [2.45, 2.75) is 51.4 Å². The molecule has 1 spiro atoms. The van der Waals surface area contributed by atoms with Gasteiger partial charge in [-0.15, -0.1) is 11.6 Å². The van der Waals surface area contributed by atoms with E-state index >= 15 is 0 Å². The minimum atomic E-state index is 0.760. The number of alkyl halides is 1. The van der Waals surface area contributed by atoms with Crippen LogP contribution in [0.25, 0.3) is 0 Å². The van der Waals surface area contributed by atoms with Gasteiger partial charge in [0.05, 0.1) is 0 Å². The van der Waals surface area contributed by atoms with E-state index in [1.165, 1.54) is 64.6 Å². The van der Waals surface area contributed by atoms with Crippen molar-refractivity contribution in [3.63, 3.8) is 0 Å². The van der Waals surface area contributed by atoms with Crippen molar-refractivity contribution in [3.05, 3.63) is 0 Å². The van der Waals surface area contributed by atoms with Crippen LogP contribution in [-0.2, 0) is 0 Å². The highest BCUT2D eigenvalue weighted by Gasteiger charge is 2.34. The second-order valence-corrected chi connectivity index (χ2v) is 5.82. The fourth-order valence-electron chi connectivity index (χ4n) is 3.34. The summed E-state index contributed by atoms with van der Waals surface area (Å²) < 4.78 is 0. The summed E-state index contributed by atoms with van der Waals surface area (Å²) in [6.07, 6.45) is 11.5. The third-order valence-electron chi connectivity index (χ3n) is 4.44. The summed E-state index contributed by atoms with van der Waals surface area (Å²) >= 11 is 5.74. The van der Waals surface area contributed by atoms with E-state index in [-0.39, 0.29) is 0 Å². The lowest BCUT2D eigenvalue weighted by molar-refractivity contribution is 0.0680. The average Bonchev–Trinajstić information content (AvgIpc) is 2.30. The van der Waals surface area contributed by atoms with Crippen LogP contribution in [0.3, 0.4) is 0 Å². The number of hydrogen-bond acceptors (Lipinski definition) is 1. The van der Waals surface area contributed by atoms with Crippen LogP contribution in [0.15, 0.2) is 0 Å². The molecular formula is C13H24ClN. The lowest BCUT2D eigenvalue weighted by atomic mass is 9.68. The molecular weight excluding hydrogens is 206 g/mol. The van der Waals surface area contributed by atoms with Crippen LogP contribution in [0.1, 0.15) is 51.4 Å². The highest BCUT2D eigenvalue weighted by atomic mass is 35.5. The molecule has 2 fully saturated rings. The third kappa shape index (κ3) is 3.10. The zero-order chi connectivity index (χ0) is 10.6. The predicted molar refractivity (Wildman–Crippen MR) is 66.5 cm³/mol. The summed E-state index contributed by atoms with van der Waals surface area (Å²) in [5.41, 5.74) is 0.760. The highest BCUT2D eigenvalue weighted by Crippen LogP contribution is 2.44. The first kappa shape index (κ1) is 11.7. The predicted octanol–water partition coefficient (Wildman–Crippen LogP) is 3.66. The lowest BCUT2D eigenvalue weighted by Gasteiger charge is -2.44. The normalized spacial score (nSPS) is 27.0. The van der Waals surface area contributed by atoms with E-state index < -0.39 is 0 Å². The minimum absolute atomic E-state index is 0.760. The quantitative estimate of drug-likeness (QED) is 0.668. The third-order valence-corrected chi connectivity index (χ3v) is 4.71. The molecule has 0 N–H and O–H groups in total. The summed E-state index contributed by atoms with van der Waals surface area (Å²) in [4.78, 5) is 2.61. The van der Waals surface area contributed by atoms with E-state index in [0.717, 1.165) is 17.7 Å². The van der Waals surface area contributed by atoms with Crippen LogP contribution < -0.4 is 0 Å². The molecule has 0 unspecified atom stereocenters. The lowest BCUT2D eigenvalue weighted by Crippen LogP contribution is -2.41. The molecule has 0 aromatic carbocycles. The van der Waals surface area contributed by atoms with Gasteiger partial charge >= 0.3 is 0 Å². The van der Waals surface area contributed by atoms with Crippen molar-refractivity contribution in [3.8, 4) is 0 Å².